The SMILES string of the molecule is CC(C)(C)OC(=O)NCCC(O)C(O)c1cccc([N+](=O)[O-])c1O. The van der Waals surface area contributed by atoms with Crippen molar-refractivity contribution in [2.24, 2.45) is 0 Å². The largest absolute Gasteiger partial charge is 0.502 e. The Bertz CT molecular complexity index is 598. The summed E-state index contributed by atoms with van der Waals surface area (Å²) < 4.78 is 5.02. The van der Waals surface area contributed by atoms with Gasteiger partial charge in [-0.1, -0.05) is 12.1 Å². The summed E-state index contributed by atoms with van der Waals surface area (Å²) in [6.45, 7) is 5.13. The zero-order valence-corrected chi connectivity index (χ0v) is 13.7. The minimum Gasteiger partial charge on any atom is -0.502 e. The van der Waals surface area contributed by atoms with Crippen molar-refractivity contribution < 1.29 is 29.8 Å². The maximum atomic E-state index is 11.5. The van der Waals surface area contributed by atoms with Gasteiger partial charge in [0.2, 0.25) is 0 Å². The Hall–Kier alpha value is -2.39. The fraction of sp³-hybridized carbons (Fsp3) is 0.533. The molecule has 0 aliphatic heterocycles. The van der Waals surface area contributed by atoms with E-state index in [4.69, 9.17) is 4.74 Å². The van der Waals surface area contributed by atoms with Gasteiger partial charge in [-0.15, -0.1) is 0 Å². The van der Waals surface area contributed by atoms with Crippen LogP contribution in [-0.2, 0) is 4.74 Å². The summed E-state index contributed by atoms with van der Waals surface area (Å²) in [5.74, 6) is -0.700. The molecule has 0 saturated heterocycles. The molecule has 0 aliphatic rings. The Morgan fingerprint density at radius 2 is 2.00 bits per heavy atom. The molecule has 1 aromatic carbocycles. The summed E-state index contributed by atoms with van der Waals surface area (Å²) in [4.78, 5) is 21.4. The van der Waals surface area contributed by atoms with E-state index in [9.17, 15) is 30.2 Å². The van der Waals surface area contributed by atoms with E-state index < -0.39 is 40.3 Å². The predicted molar refractivity (Wildman–Crippen MR) is 84.6 cm³/mol. The zero-order valence-electron chi connectivity index (χ0n) is 13.7. The number of nitro benzene ring substituents is 1. The highest BCUT2D eigenvalue weighted by molar-refractivity contribution is 5.67. The highest BCUT2D eigenvalue weighted by atomic mass is 16.6. The molecular weight excluding hydrogens is 320 g/mol. The lowest BCUT2D eigenvalue weighted by molar-refractivity contribution is -0.386. The summed E-state index contributed by atoms with van der Waals surface area (Å²) in [5, 5.41) is 43.0. The Morgan fingerprint density at radius 3 is 2.54 bits per heavy atom. The van der Waals surface area contributed by atoms with Crippen LogP contribution in [0.25, 0.3) is 0 Å². The molecule has 0 fully saturated rings. The van der Waals surface area contributed by atoms with Crippen molar-refractivity contribution in [3.63, 3.8) is 0 Å². The highest BCUT2D eigenvalue weighted by Crippen LogP contribution is 2.34. The van der Waals surface area contributed by atoms with Crippen LogP contribution < -0.4 is 5.32 Å². The Labute approximate surface area is 139 Å². The number of para-hydroxylation sites is 1. The van der Waals surface area contributed by atoms with Crippen LogP contribution in [-0.4, -0.2) is 44.6 Å². The summed E-state index contributed by atoms with van der Waals surface area (Å²) in [5.41, 5.74) is -1.38. The van der Waals surface area contributed by atoms with Gasteiger partial charge in [-0.2, -0.15) is 0 Å². The molecule has 134 valence electrons. The van der Waals surface area contributed by atoms with Crippen molar-refractivity contribution >= 4 is 11.8 Å². The lowest BCUT2D eigenvalue weighted by Crippen LogP contribution is -2.34. The van der Waals surface area contributed by atoms with Crippen molar-refractivity contribution in [1.29, 1.82) is 0 Å². The van der Waals surface area contributed by atoms with Crippen LogP contribution in [0, 0.1) is 10.1 Å². The average molecular weight is 342 g/mol. The lowest BCUT2D eigenvalue weighted by atomic mass is 10.0. The fourth-order valence-electron chi connectivity index (χ4n) is 1.94. The zero-order chi connectivity index (χ0) is 18.5. The number of phenolic OH excluding ortho intramolecular Hbond substituents is 1. The van der Waals surface area contributed by atoms with E-state index in [1.54, 1.807) is 20.8 Å². The maximum Gasteiger partial charge on any atom is 0.407 e. The summed E-state index contributed by atoms with van der Waals surface area (Å²) in [7, 11) is 0. The minimum atomic E-state index is -1.54. The van der Waals surface area contributed by atoms with E-state index in [2.05, 4.69) is 5.32 Å². The molecule has 0 heterocycles. The van der Waals surface area contributed by atoms with E-state index >= 15 is 0 Å². The maximum absolute atomic E-state index is 11.5. The van der Waals surface area contributed by atoms with E-state index in [1.165, 1.54) is 12.1 Å². The van der Waals surface area contributed by atoms with Crippen LogP contribution in [0.2, 0.25) is 0 Å². The molecule has 0 radical (unpaired) electrons. The van der Waals surface area contributed by atoms with Gasteiger partial charge in [0, 0.05) is 18.2 Å². The highest BCUT2D eigenvalue weighted by Gasteiger charge is 2.26. The molecular formula is C15H22N2O7. The number of alkyl carbamates (subject to hydrolysis) is 1. The molecule has 4 N–H and O–H groups in total. The third kappa shape index (κ3) is 5.67. The summed E-state index contributed by atoms with van der Waals surface area (Å²) in [6, 6.07) is 3.65. The second kappa shape index (κ2) is 7.93. The van der Waals surface area contributed by atoms with Crippen LogP contribution in [0.15, 0.2) is 18.2 Å². The molecule has 0 spiro atoms. The standard InChI is InChI=1S/C15H22N2O7/c1-15(2,3)24-14(21)16-8-7-11(18)13(20)9-5-4-6-10(12(9)19)17(22)23/h4-6,11,13,18-20H,7-8H2,1-3H3,(H,16,21). The number of nitrogens with zero attached hydrogens (tertiary/aromatic N) is 1. The van der Waals surface area contributed by atoms with Crippen molar-refractivity contribution in [2.75, 3.05) is 6.54 Å². The van der Waals surface area contributed by atoms with Crippen molar-refractivity contribution in [3.8, 4) is 5.75 Å². The third-order valence-corrected chi connectivity index (χ3v) is 3.03. The van der Waals surface area contributed by atoms with Gasteiger partial charge >= 0.3 is 11.8 Å². The van der Waals surface area contributed by atoms with Gasteiger partial charge < -0.3 is 25.4 Å². The number of aromatic hydroxyl groups is 1. The van der Waals surface area contributed by atoms with Gasteiger partial charge in [-0.25, -0.2) is 4.79 Å². The van der Waals surface area contributed by atoms with Gasteiger partial charge in [-0.05, 0) is 27.2 Å². The number of amides is 1. The van der Waals surface area contributed by atoms with Gasteiger partial charge in [0.25, 0.3) is 0 Å². The van der Waals surface area contributed by atoms with E-state index in [0.717, 1.165) is 6.07 Å². The number of rotatable bonds is 6. The second-order valence-corrected chi connectivity index (χ2v) is 6.20. The van der Waals surface area contributed by atoms with Gasteiger partial charge in [0.1, 0.15) is 11.7 Å². The topological polar surface area (TPSA) is 142 Å². The predicted octanol–water partition coefficient (Wildman–Crippen LogP) is 1.61. The van der Waals surface area contributed by atoms with Crippen LogP contribution in [0.5, 0.6) is 5.75 Å². The molecule has 0 bridgehead atoms. The molecule has 2 unspecified atom stereocenters. The molecule has 0 aliphatic carbocycles. The first kappa shape index (κ1) is 19.7. The Morgan fingerprint density at radius 1 is 1.38 bits per heavy atom. The molecule has 0 saturated carbocycles. The van der Waals surface area contributed by atoms with Gasteiger partial charge in [0.15, 0.2) is 5.75 Å². The van der Waals surface area contributed by atoms with Crippen LogP contribution in [0.4, 0.5) is 10.5 Å². The number of phenols is 1. The first-order valence-electron chi connectivity index (χ1n) is 7.32. The van der Waals surface area contributed by atoms with Crippen molar-refractivity contribution in [2.45, 2.75) is 45.0 Å². The molecule has 2 atom stereocenters. The number of aliphatic hydroxyl groups is 2. The lowest BCUT2D eigenvalue weighted by Gasteiger charge is -2.21. The summed E-state index contributed by atoms with van der Waals surface area (Å²) in [6.07, 6.45) is -3.58. The monoisotopic (exact) mass is 342 g/mol. The minimum absolute atomic E-state index is 0.0167. The van der Waals surface area contributed by atoms with Crippen LogP contribution in [0.1, 0.15) is 38.9 Å². The number of carbonyl (C=O) groups excluding carboxylic acids is 1. The molecule has 1 rings (SSSR count). The Balaban J connectivity index is 2.63. The smallest absolute Gasteiger partial charge is 0.407 e. The number of aliphatic hydroxyl groups excluding tert-OH is 2. The van der Waals surface area contributed by atoms with E-state index in [0.29, 0.717) is 0 Å². The van der Waals surface area contributed by atoms with E-state index in [-0.39, 0.29) is 18.5 Å². The fourth-order valence-corrected chi connectivity index (χ4v) is 1.94. The number of carbonyl (C=O) groups is 1. The van der Waals surface area contributed by atoms with Crippen LogP contribution in [0.3, 0.4) is 0 Å². The number of ether oxygens (including phenoxy) is 1. The summed E-state index contributed by atoms with van der Waals surface area (Å²) >= 11 is 0. The molecule has 9 nitrogen and oxygen atoms in total. The number of nitrogens with one attached hydrogen (secondary N) is 1. The van der Waals surface area contributed by atoms with Gasteiger partial charge in [-0.3, -0.25) is 10.1 Å². The van der Waals surface area contributed by atoms with Crippen molar-refractivity contribution in [3.05, 3.63) is 33.9 Å². The number of hydrogen-bond donors (Lipinski definition) is 4. The first-order valence-corrected chi connectivity index (χ1v) is 7.32. The average Bonchev–Trinajstić information content (AvgIpc) is 2.44. The van der Waals surface area contributed by atoms with E-state index in [1.807, 2.05) is 0 Å². The molecule has 9 heteroatoms. The number of hydrogen-bond acceptors (Lipinski definition) is 7. The quantitative estimate of drug-likeness (QED) is 0.454. The molecule has 1 amide bonds. The number of benzene rings is 1. The third-order valence-electron chi connectivity index (χ3n) is 3.03. The molecule has 24 heavy (non-hydrogen) atoms. The number of nitro groups is 1. The molecule has 0 aromatic heterocycles. The second-order valence-electron chi connectivity index (χ2n) is 6.20. The van der Waals surface area contributed by atoms with Gasteiger partial charge in [0.05, 0.1) is 11.0 Å². The van der Waals surface area contributed by atoms with Crippen LogP contribution >= 0.6 is 0 Å². The van der Waals surface area contributed by atoms with Crippen molar-refractivity contribution in [1.82, 2.24) is 5.32 Å². The first-order chi connectivity index (χ1) is 11.0. The molecule has 1 aromatic rings. The normalized spacial score (nSPS) is 13.9. The Kier molecular flexibility index (Phi) is 6.50.